The molecule has 0 aliphatic heterocycles. The molecule has 6 heteroatoms. The average molecular weight is 421 g/mol. The summed E-state index contributed by atoms with van der Waals surface area (Å²) in [4.78, 5) is 18.8. The minimum absolute atomic E-state index is 0.103. The van der Waals surface area contributed by atoms with E-state index in [4.69, 9.17) is 0 Å². The van der Waals surface area contributed by atoms with Crippen LogP contribution < -0.4 is 4.90 Å². The third-order valence-electron chi connectivity index (χ3n) is 3.68. The van der Waals surface area contributed by atoms with Crippen LogP contribution in [0.15, 0.2) is 46.9 Å². The van der Waals surface area contributed by atoms with E-state index in [0.29, 0.717) is 5.75 Å². The van der Waals surface area contributed by atoms with Crippen LogP contribution in [0.5, 0.6) is 0 Å². The first kappa shape index (κ1) is 17.5. The summed E-state index contributed by atoms with van der Waals surface area (Å²) >= 11 is 6.76. The van der Waals surface area contributed by atoms with E-state index in [1.54, 1.807) is 28.0 Å². The summed E-state index contributed by atoms with van der Waals surface area (Å²) in [7, 11) is 1.83. The van der Waals surface area contributed by atoms with Gasteiger partial charge in [-0.2, -0.15) is 0 Å². The molecule has 3 aromatic rings. The van der Waals surface area contributed by atoms with Gasteiger partial charge in [0.25, 0.3) is 0 Å². The highest BCUT2D eigenvalue weighted by atomic mass is 79.9. The second-order valence-corrected chi connectivity index (χ2v) is 8.47. The Balaban J connectivity index is 1.58. The second kappa shape index (κ2) is 7.68. The summed E-state index contributed by atoms with van der Waals surface area (Å²) in [6.45, 7) is 2.01. The van der Waals surface area contributed by atoms with Crippen LogP contribution in [0.4, 0.5) is 5.69 Å². The van der Waals surface area contributed by atoms with Crippen molar-refractivity contribution in [3.8, 4) is 0 Å². The topological polar surface area (TPSA) is 33.2 Å². The lowest BCUT2D eigenvalue weighted by Crippen LogP contribution is -2.28. The zero-order valence-corrected chi connectivity index (χ0v) is 16.7. The Hall–Kier alpha value is -1.37. The first-order valence-corrected chi connectivity index (χ1v) is 10.3. The largest absolute Gasteiger partial charge is 0.315 e. The van der Waals surface area contributed by atoms with Crippen molar-refractivity contribution in [2.24, 2.45) is 0 Å². The number of aryl methyl sites for hydroxylation is 1. The lowest BCUT2D eigenvalue weighted by Gasteiger charge is -2.19. The molecular weight excluding hydrogens is 404 g/mol. The highest BCUT2D eigenvalue weighted by Gasteiger charge is 2.14. The molecule has 1 amide bonds. The van der Waals surface area contributed by atoms with Crippen LogP contribution in [-0.4, -0.2) is 23.7 Å². The van der Waals surface area contributed by atoms with Gasteiger partial charge in [0, 0.05) is 23.0 Å². The van der Waals surface area contributed by atoms with Crippen molar-refractivity contribution >= 4 is 60.8 Å². The predicted octanol–water partition coefficient (Wildman–Crippen LogP) is 5.26. The number of aromatic nitrogens is 1. The third kappa shape index (κ3) is 3.99. The Labute approximate surface area is 158 Å². The Morgan fingerprint density at radius 3 is 2.83 bits per heavy atom. The number of carbonyl (C=O) groups excluding carboxylic acids is 1. The predicted molar refractivity (Wildman–Crippen MR) is 108 cm³/mol. The number of halogens is 1. The molecule has 0 atom stereocenters. The molecule has 0 unspecified atom stereocenters. The lowest BCUT2D eigenvalue weighted by atomic mass is 10.2. The molecule has 0 aliphatic carbocycles. The van der Waals surface area contributed by atoms with Gasteiger partial charge in [0.1, 0.15) is 5.01 Å². The quantitative estimate of drug-likeness (QED) is 0.563. The number of hydrogen-bond donors (Lipinski definition) is 0. The van der Waals surface area contributed by atoms with Crippen LogP contribution in [-0.2, 0) is 10.5 Å². The Bertz CT molecular complexity index is 845. The van der Waals surface area contributed by atoms with Crippen molar-refractivity contribution in [3.63, 3.8) is 0 Å². The number of para-hydroxylation sites is 1. The number of thiazole rings is 1. The van der Waals surface area contributed by atoms with Gasteiger partial charge in [-0.3, -0.25) is 4.79 Å². The van der Waals surface area contributed by atoms with Crippen molar-refractivity contribution in [2.45, 2.75) is 12.7 Å². The standard InChI is InChI=1S/C18H17BrN2OS2/c1-12-9-13(19)7-8-15(12)21(2)18(22)11-23-10-17-20-14-5-3-4-6-16(14)24-17/h3-9H,10-11H2,1-2H3. The summed E-state index contributed by atoms with van der Waals surface area (Å²) in [5, 5.41) is 1.07. The maximum atomic E-state index is 12.4. The van der Waals surface area contributed by atoms with E-state index < -0.39 is 0 Å². The number of fused-ring (bicyclic) bond motifs is 1. The summed E-state index contributed by atoms with van der Waals surface area (Å²) in [6.07, 6.45) is 0. The fourth-order valence-corrected chi connectivity index (χ4v) is 4.87. The van der Waals surface area contributed by atoms with Crippen LogP contribution in [0.3, 0.4) is 0 Å². The van der Waals surface area contributed by atoms with E-state index in [1.165, 1.54) is 4.70 Å². The molecule has 1 heterocycles. The highest BCUT2D eigenvalue weighted by Crippen LogP contribution is 2.26. The van der Waals surface area contributed by atoms with Gasteiger partial charge in [-0.25, -0.2) is 4.98 Å². The molecule has 0 aliphatic rings. The average Bonchev–Trinajstić information content (AvgIpc) is 2.97. The monoisotopic (exact) mass is 420 g/mol. The zero-order valence-electron chi connectivity index (χ0n) is 13.5. The minimum atomic E-state index is 0.103. The molecule has 0 bridgehead atoms. The van der Waals surface area contributed by atoms with Crippen LogP contribution in [0, 0.1) is 6.92 Å². The van der Waals surface area contributed by atoms with Crippen molar-refractivity contribution in [3.05, 3.63) is 57.5 Å². The Morgan fingerprint density at radius 1 is 1.29 bits per heavy atom. The molecule has 124 valence electrons. The van der Waals surface area contributed by atoms with Gasteiger partial charge in [-0.1, -0.05) is 28.1 Å². The maximum Gasteiger partial charge on any atom is 0.236 e. The van der Waals surface area contributed by atoms with Gasteiger partial charge >= 0.3 is 0 Å². The smallest absolute Gasteiger partial charge is 0.236 e. The fraction of sp³-hybridized carbons (Fsp3) is 0.222. The second-order valence-electron chi connectivity index (χ2n) is 5.45. The lowest BCUT2D eigenvalue weighted by molar-refractivity contribution is -0.115. The minimum Gasteiger partial charge on any atom is -0.315 e. The molecular formula is C18H17BrN2OS2. The molecule has 2 aromatic carbocycles. The summed E-state index contributed by atoms with van der Waals surface area (Å²) in [6, 6.07) is 14.1. The number of nitrogens with zero attached hydrogens (tertiary/aromatic N) is 2. The normalized spacial score (nSPS) is 11.0. The van der Waals surface area contributed by atoms with Crippen LogP contribution in [0.1, 0.15) is 10.6 Å². The van der Waals surface area contributed by atoms with E-state index in [2.05, 4.69) is 27.0 Å². The van der Waals surface area contributed by atoms with Gasteiger partial charge in [0.15, 0.2) is 0 Å². The van der Waals surface area contributed by atoms with E-state index >= 15 is 0 Å². The van der Waals surface area contributed by atoms with Gasteiger partial charge < -0.3 is 4.90 Å². The molecule has 0 fully saturated rings. The first-order valence-electron chi connectivity index (χ1n) is 7.49. The van der Waals surface area contributed by atoms with Gasteiger partial charge in [0.2, 0.25) is 5.91 Å². The first-order chi connectivity index (χ1) is 11.5. The van der Waals surface area contributed by atoms with Crippen LogP contribution >= 0.6 is 39.0 Å². The van der Waals surface area contributed by atoms with Crippen molar-refractivity contribution < 1.29 is 4.79 Å². The van der Waals surface area contributed by atoms with Gasteiger partial charge in [0.05, 0.1) is 16.0 Å². The number of hydrogen-bond acceptors (Lipinski definition) is 4. The number of thioether (sulfide) groups is 1. The summed E-state index contributed by atoms with van der Waals surface area (Å²) in [5.41, 5.74) is 3.06. The molecule has 0 saturated carbocycles. The van der Waals surface area contributed by atoms with Crippen molar-refractivity contribution in [1.82, 2.24) is 4.98 Å². The number of amides is 1. The Morgan fingerprint density at radius 2 is 2.08 bits per heavy atom. The molecule has 0 radical (unpaired) electrons. The number of anilines is 1. The van der Waals surface area contributed by atoms with Crippen molar-refractivity contribution in [1.29, 1.82) is 0 Å². The van der Waals surface area contributed by atoms with Crippen LogP contribution in [0.25, 0.3) is 10.2 Å². The Kier molecular flexibility index (Phi) is 5.58. The summed E-state index contributed by atoms with van der Waals surface area (Å²) in [5.74, 6) is 1.31. The molecule has 0 spiro atoms. The van der Waals surface area contributed by atoms with E-state index in [1.807, 2.05) is 50.4 Å². The SMILES string of the molecule is Cc1cc(Br)ccc1N(C)C(=O)CSCc1nc2ccccc2s1. The molecule has 3 nitrogen and oxygen atoms in total. The maximum absolute atomic E-state index is 12.4. The summed E-state index contributed by atoms with van der Waals surface area (Å²) < 4.78 is 2.22. The van der Waals surface area contributed by atoms with E-state index in [0.717, 1.165) is 32.0 Å². The third-order valence-corrected chi connectivity index (χ3v) is 6.32. The number of rotatable bonds is 5. The number of carbonyl (C=O) groups is 1. The number of benzene rings is 2. The molecule has 24 heavy (non-hydrogen) atoms. The van der Waals surface area contributed by atoms with Gasteiger partial charge in [-0.15, -0.1) is 23.1 Å². The fourth-order valence-electron chi connectivity index (χ4n) is 2.43. The van der Waals surface area contributed by atoms with Gasteiger partial charge in [-0.05, 0) is 42.8 Å². The van der Waals surface area contributed by atoms with E-state index in [-0.39, 0.29) is 5.91 Å². The molecule has 1 aromatic heterocycles. The van der Waals surface area contributed by atoms with Crippen molar-refractivity contribution in [2.75, 3.05) is 17.7 Å². The van der Waals surface area contributed by atoms with Crippen LogP contribution in [0.2, 0.25) is 0 Å². The molecule has 0 saturated heterocycles. The van der Waals surface area contributed by atoms with E-state index in [9.17, 15) is 4.79 Å². The molecule has 3 rings (SSSR count). The zero-order chi connectivity index (χ0) is 17.1. The molecule has 0 N–H and O–H groups in total. The highest BCUT2D eigenvalue weighted by molar-refractivity contribution is 9.10.